The second-order valence-corrected chi connectivity index (χ2v) is 8.88. The van der Waals surface area contributed by atoms with E-state index in [1.807, 2.05) is 37.4 Å². The van der Waals surface area contributed by atoms with Crippen molar-refractivity contribution in [2.75, 3.05) is 16.9 Å². The van der Waals surface area contributed by atoms with E-state index in [1.54, 1.807) is 30.0 Å². The van der Waals surface area contributed by atoms with Gasteiger partial charge in [-0.1, -0.05) is 25.1 Å². The minimum absolute atomic E-state index is 0.0690. The van der Waals surface area contributed by atoms with E-state index in [0.29, 0.717) is 17.9 Å². The molecular formula is C19H21N3O3S2. The van der Waals surface area contributed by atoms with Crippen LogP contribution in [0.4, 0.5) is 11.4 Å². The number of amides is 1. The summed E-state index contributed by atoms with van der Waals surface area (Å²) < 4.78 is 28.4. The summed E-state index contributed by atoms with van der Waals surface area (Å²) in [6.45, 7) is 1.90. The zero-order valence-electron chi connectivity index (χ0n) is 15.1. The zero-order valence-corrected chi connectivity index (χ0v) is 16.7. The fourth-order valence-electron chi connectivity index (χ4n) is 2.89. The molecule has 1 aliphatic heterocycles. The van der Waals surface area contributed by atoms with E-state index in [-0.39, 0.29) is 23.1 Å². The molecular weight excluding hydrogens is 382 g/mol. The molecule has 1 amide bonds. The summed E-state index contributed by atoms with van der Waals surface area (Å²) in [6.07, 6.45) is 2.62. The van der Waals surface area contributed by atoms with Crippen molar-refractivity contribution in [1.82, 2.24) is 0 Å². The first-order valence-corrected chi connectivity index (χ1v) is 11.2. The minimum atomic E-state index is -3.70. The monoisotopic (exact) mass is 403 g/mol. The van der Waals surface area contributed by atoms with Crippen LogP contribution >= 0.6 is 11.8 Å². The first-order chi connectivity index (χ1) is 12.9. The molecule has 0 saturated heterocycles. The number of rotatable bonds is 6. The topological polar surface area (TPSA) is 87.6 Å². The zero-order chi connectivity index (χ0) is 19.4. The van der Waals surface area contributed by atoms with Crippen molar-refractivity contribution >= 4 is 44.9 Å². The van der Waals surface area contributed by atoms with Crippen LogP contribution in [0.1, 0.15) is 19.8 Å². The molecule has 0 bridgehead atoms. The maximum absolute atomic E-state index is 12.3. The van der Waals surface area contributed by atoms with Gasteiger partial charge in [0.25, 0.3) is 10.0 Å². The number of hydrogen-bond acceptors (Lipinski definition) is 5. The highest BCUT2D eigenvalue weighted by Crippen LogP contribution is 2.28. The first-order valence-electron chi connectivity index (χ1n) is 8.51. The number of sulfonamides is 1. The lowest BCUT2D eigenvalue weighted by Gasteiger charge is -2.20. The molecule has 1 heterocycles. The van der Waals surface area contributed by atoms with Gasteiger partial charge in [-0.25, -0.2) is 0 Å². The van der Waals surface area contributed by atoms with Crippen molar-refractivity contribution in [1.29, 1.82) is 0 Å². The van der Waals surface area contributed by atoms with Crippen LogP contribution in [0.25, 0.3) is 0 Å². The number of carbonyl (C=O) groups excluding carboxylic acids is 1. The molecule has 0 aliphatic carbocycles. The van der Waals surface area contributed by atoms with Crippen LogP contribution in [0.15, 0.2) is 62.7 Å². The fraction of sp³-hybridized carbons (Fsp3) is 0.263. The average Bonchev–Trinajstić information content (AvgIpc) is 2.61. The maximum Gasteiger partial charge on any atom is 0.286 e. The van der Waals surface area contributed by atoms with Gasteiger partial charge in [-0.2, -0.15) is 8.42 Å². The van der Waals surface area contributed by atoms with Gasteiger partial charge in [0.05, 0.1) is 5.69 Å². The minimum Gasteiger partial charge on any atom is -0.342 e. The Labute approximate surface area is 163 Å². The Morgan fingerprint density at radius 3 is 2.78 bits per heavy atom. The molecule has 0 radical (unpaired) electrons. The largest absolute Gasteiger partial charge is 0.342 e. The highest BCUT2D eigenvalue weighted by Gasteiger charge is 2.25. The number of fused-ring (bicyclic) bond motifs is 1. The second kappa shape index (κ2) is 8.14. The van der Waals surface area contributed by atoms with Crippen LogP contribution in [-0.4, -0.2) is 26.4 Å². The van der Waals surface area contributed by atoms with Crippen LogP contribution in [0.5, 0.6) is 0 Å². The van der Waals surface area contributed by atoms with Gasteiger partial charge in [-0.15, -0.1) is 16.2 Å². The van der Waals surface area contributed by atoms with E-state index in [4.69, 9.17) is 0 Å². The summed E-state index contributed by atoms with van der Waals surface area (Å²) >= 11 is 1.61. The molecule has 8 heteroatoms. The van der Waals surface area contributed by atoms with Gasteiger partial charge in [0.2, 0.25) is 5.91 Å². The molecule has 2 aromatic carbocycles. The molecule has 3 rings (SSSR count). The van der Waals surface area contributed by atoms with E-state index < -0.39 is 10.0 Å². The van der Waals surface area contributed by atoms with E-state index >= 15 is 0 Å². The van der Waals surface area contributed by atoms with Crippen LogP contribution in [0.3, 0.4) is 0 Å². The normalized spacial score (nSPS) is 15.9. The number of thioether (sulfide) groups is 1. The highest BCUT2D eigenvalue weighted by molar-refractivity contribution is 7.98. The molecule has 2 N–H and O–H groups in total. The molecule has 6 nitrogen and oxygen atoms in total. The van der Waals surface area contributed by atoms with Crippen molar-refractivity contribution in [2.24, 2.45) is 10.3 Å². The number of benzene rings is 2. The summed E-state index contributed by atoms with van der Waals surface area (Å²) in [5.41, 5.74) is 1.27. The predicted molar refractivity (Wildman–Crippen MR) is 110 cm³/mol. The van der Waals surface area contributed by atoms with Gasteiger partial charge in [0, 0.05) is 23.4 Å². The summed E-state index contributed by atoms with van der Waals surface area (Å²) in [4.78, 5) is 13.5. The van der Waals surface area contributed by atoms with E-state index in [1.165, 1.54) is 6.07 Å². The number of amidine groups is 1. The predicted octanol–water partition coefficient (Wildman–Crippen LogP) is 3.98. The smallest absolute Gasteiger partial charge is 0.286 e. The van der Waals surface area contributed by atoms with Crippen LogP contribution in [0, 0.1) is 5.92 Å². The standard InChI is InChI=1S/C19H21N3O3S2/c1-13(11-19(23)20-14-6-5-7-15(12-14)26-2)10-18-21-16-8-3-4-9-17(16)27(24,25)22-18/h3-9,12-13H,10-11H2,1-2H3,(H,20,23)(H,21,22). The summed E-state index contributed by atoms with van der Waals surface area (Å²) in [6, 6.07) is 14.3. The van der Waals surface area contributed by atoms with E-state index in [2.05, 4.69) is 15.0 Å². The Morgan fingerprint density at radius 1 is 1.22 bits per heavy atom. The Balaban J connectivity index is 1.61. The molecule has 27 heavy (non-hydrogen) atoms. The van der Waals surface area contributed by atoms with Gasteiger partial charge in [0.1, 0.15) is 10.7 Å². The number of nitrogens with zero attached hydrogens (tertiary/aromatic N) is 1. The molecule has 2 aromatic rings. The Bertz CT molecular complexity index is 987. The van der Waals surface area contributed by atoms with E-state index in [9.17, 15) is 13.2 Å². The van der Waals surface area contributed by atoms with Crippen molar-refractivity contribution < 1.29 is 13.2 Å². The molecule has 1 aliphatic rings. The van der Waals surface area contributed by atoms with Crippen molar-refractivity contribution in [3.63, 3.8) is 0 Å². The molecule has 1 atom stereocenters. The molecule has 0 aromatic heterocycles. The molecule has 142 valence electrons. The van der Waals surface area contributed by atoms with Gasteiger partial charge in [-0.3, -0.25) is 4.79 Å². The van der Waals surface area contributed by atoms with Gasteiger partial charge >= 0.3 is 0 Å². The Morgan fingerprint density at radius 2 is 2.00 bits per heavy atom. The average molecular weight is 404 g/mol. The number of anilines is 2. The highest BCUT2D eigenvalue weighted by atomic mass is 32.2. The number of carbonyl (C=O) groups is 1. The summed E-state index contributed by atoms with van der Waals surface area (Å²) in [5.74, 6) is 0.180. The quantitative estimate of drug-likeness (QED) is 0.713. The lowest BCUT2D eigenvalue weighted by Crippen LogP contribution is -2.25. The van der Waals surface area contributed by atoms with E-state index in [0.717, 1.165) is 10.6 Å². The third-order valence-corrected chi connectivity index (χ3v) is 6.20. The maximum atomic E-state index is 12.3. The van der Waals surface area contributed by atoms with Crippen LogP contribution in [0.2, 0.25) is 0 Å². The molecule has 1 unspecified atom stereocenters. The van der Waals surface area contributed by atoms with Crippen molar-refractivity contribution in [3.8, 4) is 0 Å². The molecule has 0 spiro atoms. The third-order valence-electron chi connectivity index (χ3n) is 4.10. The molecule has 0 saturated carbocycles. The van der Waals surface area contributed by atoms with Crippen LogP contribution in [-0.2, 0) is 14.8 Å². The van der Waals surface area contributed by atoms with Crippen molar-refractivity contribution in [3.05, 3.63) is 48.5 Å². The van der Waals surface area contributed by atoms with Crippen LogP contribution < -0.4 is 10.6 Å². The Hall–Kier alpha value is -2.32. The lowest BCUT2D eigenvalue weighted by atomic mass is 10.0. The lowest BCUT2D eigenvalue weighted by molar-refractivity contribution is -0.116. The number of hydrogen-bond donors (Lipinski definition) is 2. The first kappa shape index (κ1) is 19.4. The summed E-state index contributed by atoms with van der Waals surface area (Å²) in [5, 5.41) is 5.94. The van der Waals surface area contributed by atoms with Gasteiger partial charge < -0.3 is 10.6 Å². The summed E-state index contributed by atoms with van der Waals surface area (Å²) in [7, 11) is -3.70. The second-order valence-electron chi connectivity index (χ2n) is 6.43. The van der Waals surface area contributed by atoms with Crippen molar-refractivity contribution in [2.45, 2.75) is 29.6 Å². The Kier molecular flexibility index (Phi) is 5.86. The molecule has 0 fully saturated rings. The number of nitrogens with one attached hydrogen (secondary N) is 2. The number of para-hydroxylation sites is 1. The SMILES string of the molecule is CSc1cccc(NC(=O)CC(C)CC2=NS(=O)(=O)c3ccccc3N2)c1. The van der Waals surface area contributed by atoms with Gasteiger partial charge in [-0.05, 0) is 42.5 Å². The van der Waals surface area contributed by atoms with Gasteiger partial charge in [0.15, 0.2) is 0 Å². The third kappa shape index (κ3) is 4.90. The fourth-order valence-corrected chi connectivity index (χ4v) is 4.50.